The van der Waals surface area contributed by atoms with Crippen LogP contribution in [-0.4, -0.2) is 43.9 Å². The maximum atomic E-state index is 4.79. The van der Waals surface area contributed by atoms with Crippen LogP contribution in [0.4, 0.5) is 0 Å². The standard InChI is InChI=1S/C22H28N6/c1-17-4-2-3-5-19(17)16-26-9-6-18(14-26)15-27-10-8-24-22(27)21-12-20-13-23-7-11-28(20)25-21/h2-5,8,10,12,18,23H,6-7,9,11,13-16H2,1H3. The lowest BCUT2D eigenvalue weighted by Gasteiger charge is -2.18. The van der Waals surface area contributed by atoms with Gasteiger partial charge in [0, 0.05) is 45.1 Å². The van der Waals surface area contributed by atoms with E-state index < -0.39 is 0 Å². The summed E-state index contributed by atoms with van der Waals surface area (Å²) < 4.78 is 4.41. The van der Waals surface area contributed by atoms with E-state index in [0.29, 0.717) is 5.92 Å². The van der Waals surface area contributed by atoms with Crippen molar-refractivity contribution >= 4 is 0 Å². The summed E-state index contributed by atoms with van der Waals surface area (Å²) in [5.74, 6) is 1.66. The highest BCUT2D eigenvalue weighted by molar-refractivity contribution is 5.50. The van der Waals surface area contributed by atoms with Crippen molar-refractivity contribution in [2.75, 3.05) is 19.6 Å². The van der Waals surface area contributed by atoms with E-state index in [1.165, 1.54) is 29.8 Å². The van der Waals surface area contributed by atoms with Crippen molar-refractivity contribution in [1.82, 2.24) is 29.5 Å². The predicted octanol–water partition coefficient (Wildman–Crippen LogP) is 2.68. The summed E-state index contributed by atoms with van der Waals surface area (Å²) in [5.41, 5.74) is 5.09. The molecular formula is C22H28N6. The lowest BCUT2D eigenvalue weighted by atomic mass is 10.1. The molecular weight excluding hydrogens is 348 g/mol. The Morgan fingerprint density at radius 1 is 1.21 bits per heavy atom. The van der Waals surface area contributed by atoms with Crippen molar-refractivity contribution in [1.29, 1.82) is 0 Å². The molecule has 0 amide bonds. The van der Waals surface area contributed by atoms with E-state index >= 15 is 0 Å². The third-order valence-corrected chi connectivity index (χ3v) is 6.09. The minimum atomic E-state index is 0.663. The summed E-state index contributed by atoms with van der Waals surface area (Å²) in [6, 6.07) is 10.9. The molecule has 1 aromatic carbocycles. The fourth-order valence-corrected chi connectivity index (χ4v) is 4.50. The number of aromatic nitrogens is 4. The zero-order valence-electron chi connectivity index (χ0n) is 16.5. The molecule has 1 unspecified atom stereocenters. The Labute approximate surface area is 166 Å². The van der Waals surface area contributed by atoms with Gasteiger partial charge in [0.15, 0.2) is 5.82 Å². The average molecular weight is 377 g/mol. The number of aryl methyl sites for hydroxylation is 1. The molecule has 6 nitrogen and oxygen atoms in total. The summed E-state index contributed by atoms with van der Waals surface area (Å²) in [5, 5.41) is 8.20. The zero-order chi connectivity index (χ0) is 18.9. The summed E-state index contributed by atoms with van der Waals surface area (Å²) in [6.45, 7) is 9.42. The van der Waals surface area contributed by atoms with Gasteiger partial charge in [0.25, 0.3) is 0 Å². The Morgan fingerprint density at radius 2 is 2.14 bits per heavy atom. The van der Waals surface area contributed by atoms with Crippen LogP contribution in [0, 0.1) is 12.8 Å². The average Bonchev–Trinajstić information content (AvgIpc) is 3.43. The Kier molecular flexibility index (Phi) is 4.74. The van der Waals surface area contributed by atoms with Gasteiger partial charge in [0.2, 0.25) is 0 Å². The summed E-state index contributed by atoms with van der Waals surface area (Å²) >= 11 is 0. The molecule has 5 rings (SSSR count). The molecule has 6 heteroatoms. The topological polar surface area (TPSA) is 50.9 Å². The van der Waals surface area contributed by atoms with Crippen LogP contribution in [0.3, 0.4) is 0 Å². The molecule has 4 heterocycles. The van der Waals surface area contributed by atoms with Crippen molar-refractivity contribution in [3.63, 3.8) is 0 Å². The number of hydrogen-bond donors (Lipinski definition) is 1. The molecule has 1 fully saturated rings. The molecule has 1 atom stereocenters. The highest BCUT2D eigenvalue weighted by Gasteiger charge is 2.24. The van der Waals surface area contributed by atoms with Crippen LogP contribution in [0.2, 0.25) is 0 Å². The van der Waals surface area contributed by atoms with Gasteiger partial charge in [-0.1, -0.05) is 24.3 Å². The molecule has 28 heavy (non-hydrogen) atoms. The smallest absolute Gasteiger partial charge is 0.160 e. The molecule has 3 aromatic rings. The minimum Gasteiger partial charge on any atom is -0.329 e. The second-order valence-electron chi connectivity index (χ2n) is 8.14. The highest BCUT2D eigenvalue weighted by atomic mass is 15.3. The second kappa shape index (κ2) is 7.53. The van der Waals surface area contributed by atoms with Gasteiger partial charge in [-0.15, -0.1) is 0 Å². The maximum Gasteiger partial charge on any atom is 0.160 e. The molecule has 2 aliphatic heterocycles. The number of likely N-dealkylation sites (tertiary alicyclic amines) is 1. The first kappa shape index (κ1) is 17.6. The number of imidazole rings is 1. The van der Waals surface area contributed by atoms with Crippen LogP contribution >= 0.6 is 0 Å². The predicted molar refractivity (Wildman–Crippen MR) is 110 cm³/mol. The molecule has 1 saturated heterocycles. The maximum absolute atomic E-state index is 4.79. The third kappa shape index (κ3) is 3.50. The first-order chi connectivity index (χ1) is 13.8. The Hall–Kier alpha value is -2.44. The van der Waals surface area contributed by atoms with Crippen LogP contribution in [0.25, 0.3) is 11.5 Å². The Balaban J connectivity index is 1.26. The summed E-state index contributed by atoms with van der Waals surface area (Å²) in [4.78, 5) is 7.21. The van der Waals surface area contributed by atoms with E-state index in [1.54, 1.807) is 0 Å². The molecule has 1 N–H and O–H groups in total. The number of nitrogens with one attached hydrogen (secondary N) is 1. The van der Waals surface area contributed by atoms with E-state index in [0.717, 1.165) is 50.8 Å². The van der Waals surface area contributed by atoms with Gasteiger partial charge < -0.3 is 9.88 Å². The van der Waals surface area contributed by atoms with Crippen molar-refractivity contribution in [3.05, 3.63) is 59.5 Å². The van der Waals surface area contributed by atoms with Crippen LogP contribution in [-0.2, 0) is 26.2 Å². The number of rotatable bonds is 5. The number of nitrogens with zero attached hydrogens (tertiary/aromatic N) is 5. The first-order valence-electron chi connectivity index (χ1n) is 10.3. The van der Waals surface area contributed by atoms with Crippen LogP contribution in [0.15, 0.2) is 42.7 Å². The number of benzene rings is 1. The summed E-state index contributed by atoms with van der Waals surface area (Å²) in [6.07, 6.45) is 5.26. The first-order valence-corrected chi connectivity index (χ1v) is 10.3. The van der Waals surface area contributed by atoms with Gasteiger partial charge in [0.1, 0.15) is 5.69 Å². The third-order valence-electron chi connectivity index (χ3n) is 6.09. The molecule has 2 aliphatic rings. The van der Waals surface area contributed by atoms with Crippen molar-refractivity contribution in [2.24, 2.45) is 5.92 Å². The van der Waals surface area contributed by atoms with Gasteiger partial charge in [0.05, 0.1) is 12.2 Å². The lowest BCUT2D eigenvalue weighted by molar-refractivity contribution is 0.309. The monoisotopic (exact) mass is 376 g/mol. The number of fused-ring (bicyclic) bond motifs is 1. The SMILES string of the molecule is Cc1ccccc1CN1CCC(Cn2ccnc2-c2cc3n(n2)CCNC3)C1. The molecule has 0 saturated carbocycles. The van der Waals surface area contributed by atoms with Gasteiger partial charge >= 0.3 is 0 Å². The largest absolute Gasteiger partial charge is 0.329 e. The van der Waals surface area contributed by atoms with Crippen molar-refractivity contribution in [2.45, 2.75) is 39.5 Å². The van der Waals surface area contributed by atoms with E-state index in [-0.39, 0.29) is 0 Å². The van der Waals surface area contributed by atoms with Crippen LogP contribution < -0.4 is 5.32 Å². The number of hydrogen-bond acceptors (Lipinski definition) is 4. The van der Waals surface area contributed by atoms with Gasteiger partial charge in [-0.25, -0.2) is 4.98 Å². The van der Waals surface area contributed by atoms with Crippen molar-refractivity contribution in [3.8, 4) is 11.5 Å². The van der Waals surface area contributed by atoms with Gasteiger partial charge in [-0.05, 0) is 43.0 Å². The van der Waals surface area contributed by atoms with E-state index in [1.807, 2.05) is 6.20 Å². The highest BCUT2D eigenvalue weighted by Crippen LogP contribution is 2.25. The molecule has 0 bridgehead atoms. The molecule has 146 valence electrons. The van der Waals surface area contributed by atoms with E-state index in [4.69, 9.17) is 5.10 Å². The zero-order valence-corrected chi connectivity index (χ0v) is 16.5. The Bertz CT molecular complexity index is 932. The van der Waals surface area contributed by atoms with Gasteiger partial charge in [-0.3, -0.25) is 9.58 Å². The van der Waals surface area contributed by atoms with Crippen LogP contribution in [0.5, 0.6) is 0 Å². The fourth-order valence-electron chi connectivity index (χ4n) is 4.50. The van der Waals surface area contributed by atoms with E-state index in [2.05, 4.69) is 67.9 Å². The van der Waals surface area contributed by atoms with E-state index in [9.17, 15) is 0 Å². The van der Waals surface area contributed by atoms with Gasteiger partial charge in [-0.2, -0.15) is 5.10 Å². The summed E-state index contributed by atoms with van der Waals surface area (Å²) in [7, 11) is 0. The normalized spacial score (nSPS) is 19.8. The van der Waals surface area contributed by atoms with Crippen molar-refractivity contribution < 1.29 is 0 Å². The minimum absolute atomic E-state index is 0.663. The quantitative estimate of drug-likeness (QED) is 0.744. The van der Waals surface area contributed by atoms with Crippen LogP contribution in [0.1, 0.15) is 23.2 Å². The fraction of sp³-hybridized carbons (Fsp3) is 0.455. The molecule has 0 spiro atoms. The molecule has 0 radical (unpaired) electrons. The Morgan fingerprint density at radius 3 is 3.04 bits per heavy atom. The molecule has 0 aliphatic carbocycles. The molecule has 2 aromatic heterocycles. The lowest BCUT2D eigenvalue weighted by Crippen LogP contribution is -2.28. The second-order valence-corrected chi connectivity index (χ2v) is 8.14.